The minimum absolute atomic E-state index is 0.00161. The van der Waals surface area contributed by atoms with Gasteiger partial charge >= 0.3 is 5.91 Å². The summed E-state index contributed by atoms with van der Waals surface area (Å²) >= 11 is 2.75. The van der Waals surface area contributed by atoms with E-state index in [9.17, 15) is 14.7 Å². The number of carbonyl (C=O) groups is 2. The highest BCUT2D eigenvalue weighted by atomic mass is 32.2. The summed E-state index contributed by atoms with van der Waals surface area (Å²) in [7, 11) is 0. The van der Waals surface area contributed by atoms with Crippen LogP contribution >= 0.6 is 23.1 Å². The molecule has 1 fully saturated rings. The normalized spacial score (nSPS) is 17.2. The first kappa shape index (κ1) is 22.9. The number of hydrogen-bond acceptors (Lipinski definition) is 8. The van der Waals surface area contributed by atoms with Gasteiger partial charge in [0, 0.05) is 23.7 Å². The van der Waals surface area contributed by atoms with Crippen LogP contribution in [0.4, 0.5) is 5.13 Å². The summed E-state index contributed by atoms with van der Waals surface area (Å²) in [5, 5.41) is 19.8. The summed E-state index contributed by atoms with van der Waals surface area (Å²) in [5.74, 6) is -1.07. The second-order valence-electron chi connectivity index (χ2n) is 7.95. The lowest BCUT2D eigenvalue weighted by Gasteiger charge is -2.22. The fraction of sp³-hybridized carbons (Fsp3) is 0.115. The minimum Gasteiger partial charge on any atom is -0.507 e. The first-order valence-electron chi connectivity index (χ1n) is 10.8. The second-order valence-corrected chi connectivity index (χ2v) is 10.1. The second kappa shape index (κ2) is 9.81. The molecule has 0 spiro atoms. The van der Waals surface area contributed by atoms with Crippen molar-refractivity contribution in [3.8, 4) is 0 Å². The maximum atomic E-state index is 13.2. The van der Waals surface area contributed by atoms with Crippen molar-refractivity contribution < 1.29 is 14.7 Å². The molecule has 7 nitrogen and oxygen atoms in total. The van der Waals surface area contributed by atoms with Crippen molar-refractivity contribution in [2.45, 2.75) is 23.1 Å². The summed E-state index contributed by atoms with van der Waals surface area (Å²) < 4.78 is 0.676. The van der Waals surface area contributed by atoms with Crippen LogP contribution in [0.1, 0.15) is 28.3 Å². The standard InChI is InChI=1S/C26H20N4O3S2/c1-16-9-11-17(12-10-16)15-34-26-29-28-25(35-26)30-21(19-8-5-13-27-14-19)20(23(32)24(30)33)22(31)18-6-3-2-4-7-18/h2-14,21,31H,15H2,1H3/b22-20+. The van der Waals surface area contributed by atoms with Crippen LogP contribution in [0.5, 0.6) is 0 Å². The van der Waals surface area contributed by atoms with Gasteiger partial charge in [-0.1, -0.05) is 89.3 Å². The number of ketones is 1. The Kier molecular flexibility index (Phi) is 6.43. The Balaban J connectivity index is 1.51. The fourth-order valence-electron chi connectivity index (χ4n) is 3.82. The first-order chi connectivity index (χ1) is 17.0. The highest BCUT2D eigenvalue weighted by Crippen LogP contribution is 2.43. The van der Waals surface area contributed by atoms with Gasteiger partial charge in [-0.15, -0.1) is 10.2 Å². The number of aliphatic hydroxyl groups excluding tert-OH is 1. The van der Waals surface area contributed by atoms with Gasteiger partial charge in [0.05, 0.1) is 11.6 Å². The lowest BCUT2D eigenvalue weighted by Crippen LogP contribution is -2.29. The highest BCUT2D eigenvalue weighted by Gasteiger charge is 2.48. The van der Waals surface area contributed by atoms with Crippen LogP contribution < -0.4 is 4.90 Å². The van der Waals surface area contributed by atoms with Gasteiger partial charge in [-0.3, -0.25) is 19.5 Å². The summed E-state index contributed by atoms with van der Waals surface area (Å²) in [5.41, 5.74) is 3.38. The zero-order chi connectivity index (χ0) is 24.4. The third-order valence-electron chi connectivity index (χ3n) is 5.58. The number of aliphatic hydroxyl groups is 1. The number of carbonyl (C=O) groups excluding carboxylic acids is 2. The number of pyridine rings is 1. The molecular formula is C26H20N4O3S2. The van der Waals surface area contributed by atoms with Crippen molar-refractivity contribution in [1.29, 1.82) is 0 Å². The maximum absolute atomic E-state index is 13.2. The number of benzene rings is 2. The minimum atomic E-state index is -0.869. The molecule has 1 aliphatic heterocycles. The Morgan fingerprint density at radius 1 is 1.03 bits per heavy atom. The van der Waals surface area contributed by atoms with Crippen LogP contribution in [-0.4, -0.2) is 32.0 Å². The van der Waals surface area contributed by atoms with Gasteiger partial charge in [0.1, 0.15) is 5.76 Å². The van der Waals surface area contributed by atoms with Gasteiger partial charge in [-0.05, 0) is 24.1 Å². The van der Waals surface area contributed by atoms with Gasteiger partial charge in [-0.2, -0.15) is 0 Å². The van der Waals surface area contributed by atoms with E-state index < -0.39 is 17.7 Å². The monoisotopic (exact) mass is 500 g/mol. The highest BCUT2D eigenvalue weighted by molar-refractivity contribution is 8.00. The van der Waals surface area contributed by atoms with Gasteiger partial charge < -0.3 is 5.11 Å². The summed E-state index contributed by atoms with van der Waals surface area (Å²) in [6, 6.07) is 19.6. The van der Waals surface area contributed by atoms with Gasteiger partial charge in [0.15, 0.2) is 4.34 Å². The van der Waals surface area contributed by atoms with E-state index in [4.69, 9.17) is 0 Å². The Morgan fingerprint density at radius 3 is 2.51 bits per heavy atom. The van der Waals surface area contributed by atoms with Crippen LogP contribution in [-0.2, 0) is 15.3 Å². The molecule has 1 atom stereocenters. The SMILES string of the molecule is Cc1ccc(CSc2nnc(N3C(=O)C(=O)/C(=C(/O)c4ccccc4)C3c3cccnc3)s2)cc1. The van der Waals surface area contributed by atoms with Gasteiger partial charge in [0.25, 0.3) is 5.78 Å². The quantitative estimate of drug-likeness (QED) is 0.128. The molecule has 0 radical (unpaired) electrons. The zero-order valence-electron chi connectivity index (χ0n) is 18.7. The number of Topliss-reactive ketones (excluding diaryl/α,β-unsaturated/α-hetero) is 1. The zero-order valence-corrected chi connectivity index (χ0v) is 20.3. The molecular weight excluding hydrogens is 480 g/mol. The van der Waals surface area contributed by atoms with E-state index in [-0.39, 0.29) is 11.3 Å². The molecule has 1 amide bonds. The summed E-state index contributed by atoms with van der Waals surface area (Å²) in [6.45, 7) is 2.04. The molecule has 1 unspecified atom stereocenters. The number of thioether (sulfide) groups is 1. The first-order valence-corrected chi connectivity index (χ1v) is 12.6. The predicted octanol–water partition coefficient (Wildman–Crippen LogP) is 5.16. The van der Waals surface area contributed by atoms with Crippen LogP contribution in [0.2, 0.25) is 0 Å². The maximum Gasteiger partial charge on any atom is 0.301 e. The molecule has 2 aromatic carbocycles. The van der Waals surface area contributed by atoms with Crippen molar-refractivity contribution >= 4 is 45.7 Å². The van der Waals surface area contributed by atoms with Crippen molar-refractivity contribution in [3.05, 3.63) is 107 Å². The fourth-order valence-corrected chi connectivity index (χ4v) is 5.65. The average Bonchev–Trinajstić information content (AvgIpc) is 3.46. The molecule has 3 heterocycles. The van der Waals surface area contributed by atoms with Crippen LogP contribution in [0.25, 0.3) is 5.76 Å². The van der Waals surface area contributed by atoms with Crippen molar-refractivity contribution in [2.75, 3.05) is 4.90 Å². The molecule has 1 saturated heterocycles. The number of anilines is 1. The van der Waals surface area contributed by atoms with E-state index in [1.165, 1.54) is 33.6 Å². The predicted molar refractivity (Wildman–Crippen MR) is 136 cm³/mol. The van der Waals surface area contributed by atoms with E-state index in [0.29, 0.717) is 26.4 Å². The van der Waals surface area contributed by atoms with E-state index in [0.717, 1.165) is 5.56 Å². The van der Waals surface area contributed by atoms with Crippen molar-refractivity contribution in [1.82, 2.24) is 15.2 Å². The number of amides is 1. The number of nitrogens with zero attached hydrogens (tertiary/aromatic N) is 4. The number of aromatic nitrogens is 3. The smallest absolute Gasteiger partial charge is 0.301 e. The van der Waals surface area contributed by atoms with Crippen molar-refractivity contribution in [3.63, 3.8) is 0 Å². The number of rotatable bonds is 6. The molecule has 2 aromatic heterocycles. The lowest BCUT2D eigenvalue weighted by atomic mass is 9.96. The Morgan fingerprint density at radius 2 is 1.80 bits per heavy atom. The number of hydrogen-bond donors (Lipinski definition) is 1. The Bertz CT molecular complexity index is 1400. The average molecular weight is 501 g/mol. The number of aryl methyl sites for hydroxylation is 1. The molecule has 174 valence electrons. The van der Waals surface area contributed by atoms with Gasteiger partial charge in [0.2, 0.25) is 5.13 Å². The van der Waals surface area contributed by atoms with E-state index in [2.05, 4.69) is 39.4 Å². The third kappa shape index (κ3) is 4.60. The Labute approximate surface area is 210 Å². The molecule has 0 bridgehead atoms. The Hall–Kier alpha value is -3.82. The van der Waals surface area contributed by atoms with E-state index >= 15 is 0 Å². The summed E-state index contributed by atoms with van der Waals surface area (Å²) in [6.07, 6.45) is 3.19. The van der Waals surface area contributed by atoms with Crippen molar-refractivity contribution in [2.24, 2.45) is 0 Å². The lowest BCUT2D eigenvalue weighted by molar-refractivity contribution is -0.132. The topological polar surface area (TPSA) is 96.3 Å². The molecule has 4 aromatic rings. The summed E-state index contributed by atoms with van der Waals surface area (Å²) in [4.78, 5) is 31.8. The largest absolute Gasteiger partial charge is 0.507 e. The molecule has 0 aliphatic carbocycles. The molecule has 1 aliphatic rings. The molecule has 9 heteroatoms. The van der Waals surface area contributed by atoms with Crippen LogP contribution in [0.3, 0.4) is 0 Å². The van der Waals surface area contributed by atoms with E-state index in [1.807, 2.05) is 13.0 Å². The molecule has 5 rings (SSSR count). The molecule has 1 N–H and O–H groups in total. The molecule has 35 heavy (non-hydrogen) atoms. The van der Waals surface area contributed by atoms with Crippen LogP contribution in [0.15, 0.2) is 89.0 Å². The van der Waals surface area contributed by atoms with Gasteiger partial charge in [-0.25, -0.2) is 0 Å². The van der Waals surface area contributed by atoms with Crippen LogP contribution in [0, 0.1) is 6.92 Å². The molecule has 0 saturated carbocycles. The third-order valence-corrected chi connectivity index (χ3v) is 7.70. The van der Waals surface area contributed by atoms with E-state index in [1.54, 1.807) is 48.8 Å².